The lowest BCUT2D eigenvalue weighted by Crippen LogP contribution is -2.35. The maximum Gasteiger partial charge on any atom is 0.225 e. The van der Waals surface area contributed by atoms with Gasteiger partial charge in [0.15, 0.2) is 9.84 Å². The summed E-state index contributed by atoms with van der Waals surface area (Å²) < 4.78 is 25.1. The summed E-state index contributed by atoms with van der Waals surface area (Å²) in [7, 11) is -3.48. The van der Waals surface area contributed by atoms with Gasteiger partial charge >= 0.3 is 0 Å². The molecule has 2 aromatic carbocycles. The number of allylic oxidation sites excluding steroid dienone is 1. The molecule has 1 amide bonds. The van der Waals surface area contributed by atoms with Crippen molar-refractivity contribution in [1.29, 1.82) is 5.26 Å². The molecule has 0 bridgehead atoms. The number of hydrogen-bond acceptors (Lipinski definition) is 4. The number of sulfone groups is 1. The quantitative estimate of drug-likeness (QED) is 0.676. The molecule has 2 rings (SSSR count). The van der Waals surface area contributed by atoms with E-state index in [-0.39, 0.29) is 24.5 Å². The fourth-order valence-electron chi connectivity index (χ4n) is 2.65. The third-order valence-electron chi connectivity index (χ3n) is 3.93. The average Bonchev–Trinajstić information content (AvgIpc) is 2.66. The van der Waals surface area contributed by atoms with Crippen LogP contribution >= 0.6 is 0 Å². The van der Waals surface area contributed by atoms with Crippen molar-refractivity contribution in [3.05, 3.63) is 77.9 Å². The van der Waals surface area contributed by atoms with Crippen LogP contribution in [0.15, 0.2) is 66.7 Å². The molecule has 0 heterocycles. The molecule has 5 nitrogen and oxygen atoms in total. The first-order chi connectivity index (χ1) is 13.0. The van der Waals surface area contributed by atoms with E-state index in [1.165, 1.54) is 0 Å². The van der Waals surface area contributed by atoms with Crippen LogP contribution in [0.3, 0.4) is 0 Å². The van der Waals surface area contributed by atoms with Gasteiger partial charge in [0.1, 0.15) is 6.54 Å². The van der Waals surface area contributed by atoms with E-state index in [4.69, 9.17) is 5.26 Å². The van der Waals surface area contributed by atoms with Crippen LogP contribution < -0.4 is 5.32 Å². The second-order valence-corrected chi connectivity index (χ2v) is 8.27. The summed E-state index contributed by atoms with van der Waals surface area (Å²) >= 11 is 0. The van der Waals surface area contributed by atoms with Gasteiger partial charge in [-0.1, -0.05) is 72.8 Å². The van der Waals surface area contributed by atoms with Crippen LogP contribution in [0.2, 0.25) is 0 Å². The minimum atomic E-state index is -3.48. The van der Waals surface area contributed by atoms with Gasteiger partial charge < -0.3 is 5.32 Å². The first-order valence-electron chi connectivity index (χ1n) is 8.61. The van der Waals surface area contributed by atoms with Gasteiger partial charge in [0.05, 0.1) is 23.5 Å². The molecule has 0 saturated heterocycles. The Kier molecular flexibility index (Phi) is 7.78. The van der Waals surface area contributed by atoms with Crippen molar-refractivity contribution in [2.24, 2.45) is 5.92 Å². The Labute approximate surface area is 160 Å². The summed E-state index contributed by atoms with van der Waals surface area (Å²) in [6.07, 6.45) is 3.93. The van der Waals surface area contributed by atoms with E-state index >= 15 is 0 Å². The molecule has 140 valence electrons. The highest BCUT2D eigenvalue weighted by Gasteiger charge is 2.24. The van der Waals surface area contributed by atoms with Crippen LogP contribution in [-0.2, 0) is 20.4 Å². The average molecular weight is 382 g/mol. The lowest BCUT2D eigenvalue weighted by atomic mass is 10.1. The SMILES string of the molecule is N#CCNC(=O)C(C/C=C/c1ccccc1)CS(=O)(=O)Cc1ccccc1. The van der Waals surface area contributed by atoms with Crippen molar-refractivity contribution in [2.75, 3.05) is 12.3 Å². The maximum atomic E-state index is 12.6. The topological polar surface area (TPSA) is 87.0 Å². The van der Waals surface area contributed by atoms with Crippen LogP contribution in [0.25, 0.3) is 6.08 Å². The van der Waals surface area contributed by atoms with Crippen LogP contribution in [0.5, 0.6) is 0 Å². The Bertz CT molecular complexity index is 901. The normalized spacial score (nSPS) is 12.4. The molecule has 0 aromatic heterocycles. The zero-order valence-corrected chi connectivity index (χ0v) is 15.7. The summed E-state index contributed by atoms with van der Waals surface area (Å²) in [6.45, 7) is -0.142. The van der Waals surface area contributed by atoms with E-state index in [1.807, 2.05) is 48.5 Å². The van der Waals surface area contributed by atoms with Gasteiger partial charge in [-0.25, -0.2) is 8.42 Å². The molecule has 1 unspecified atom stereocenters. The second-order valence-electron chi connectivity index (χ2n) is 6.16. The minimum Gasteiger partial charge on any atom is -0.343 e. The number of amides is 1. The molecule has 1 atom stereocenters. The molecule has 27 heavy (non-hydrogen) atoms. The highest BCUT2D eigenvalue weighted by Crippen LogP contribution is 2.15. The Hall–Kier alpha value is -2.91. The molecule has 0 aliphatic carbocycles. The highest BCUT2D eigenvalue weighted by molar-refractivity contribution is 7.90. The molecule has 6 heteroatoms. The third-order valence-corrected chi connectivity index (χ3v) is 5.61. The summed E-state index contributed by atoms with van der Waals surface area (Å²) in [5, 5.41) is 11.1. The van der Waals surface area contributed by atoms with Crippen LogP contribution in [0.1, 0.15) is 17.5 Å². The predicted molar refractivity (Wildman–Crippen MR) is 106 cm³/mol. The van der Waals surface area contributed by atoms with Crippen molar-refractivity contribution >= 4 is 21.8 Å². The van der Waals surface area contributed by atoms with Gasteiger partial charge in [0.25, 0.3) is 0 Å². The molecular weight excluding hydrogens is 360 g/mol. The predicted octanol–water partition coefficient (Wildman–Crippen LogP) is 2.96. The highest BCUT2D eigenvalue weighted by atomic mass is 32.2. The summed E-state index contributed by atoms with van der Waals surface area (Å²) in [4.78, 5) is 12.3. The third kappa shape index (κ3) is 7.47. The smallest absolute Gasteiger partial charge is 0.225 e. The molecule has 0 aliphatic heterocycles. The lowest BCUT2D eigenvalue weighted by molar-refractivity contribution is -0.124. The largest absolute Gasteiger partial charge is 0.343 e. The Morgan fingerprint density at radius 3 is 2.33 bits per heavy atom. The van der Waals surface area contributed by atoms with Crippen molar-refractivity contribution in [3.63, 3.8) is 0 Å². The summed E-state index contributed by atoms with van der Waals surface area (Å²) in [6, 6.07) is 20.3. The fourth-order valence-corrected chi connectivity index (χ4v) is 4.37. The van der Waals surface area contributed by atoms with Gasteiger partial charge in [0, 0.05) is 0 Å². The fraction of sp³-hybridized carbons (Fsp3) is 0.238. The van der Waals surface area contributed by atoms with E-state index in [0.717, 1.165) is 5.56 Å². The Morgan fingerprint density at radius 1 is 1.07 bits per heavy atom. The molecule has 0 fully saturated rings. The van der Waals surface area contributed by atoms with Crippen molar-refractivity contribution in [1.82, 2.24) is 5.32 Å². The first kappa shape index (κ1) is 20.4. The van der Waals surface area contributed by atoms with Crippen molar-refractivity contribution < 1.29 is 13.2 Å². The molecule has 0 spiro atoms. The van der Waals surface area contributed by atoms with Crippen LogP contribution in [0.4, 0.5) is 0 Å². The van der Waals surface area contributed by atoms with Gasteiger partial charge in [-0.05, 0) is 17.5 Å². The monoisotopic (exact) mass is 382 g/mol. The number of hydrogen-bond donors (Lipinski definition) is 1. The Balaban J connectivity index is 2.08. The number of rotatable bonds is 9. The molecule has 0 radical (unpaired) electrons. The van der Waals surface area contributed by atoms with Crippen molar-refractivity contribution in [3.8, 4) is 6.07 Å². The number of nitrogens with one attached hydrogen (secondary N) is 1. The van der Waals surface area contributed by atoms with E-state index in [9.17, 15) is 13.2 Å². The maximum absolute atomic E-state index is 12.6. The van der Waals surface area contributed by atoms with Gasteiger partial charge in [-0.2, -0.15) is 5.26 Å². The molecule has 0 aliphatic rings. The van der Waals surface area contributed by atoms with Crippen molar-refractivity contribution in [2.45, 2.75) is 12.2 Å². The van der Waals surface area contributed by atoms with Gasteiger partial charge in [-0.15, -0.1) is 0 Å². The number of carbonyl (C=O) groups excluding carboxylic acids is 1. The first-order valence-corrected chi connectivity index (χ1v) is 10.4. The lowest BCUT2D eigenvalue weighted by Gasteiger charge is -2.14. The van der Waals surface area contributed by atoms with E-state index in [2.05, 4.69) is 5.32 Å². The van der Waals surface area contributed by atoms with Gasteiger partial charge in [-0.3, -0.25) is 4.79 Å². The summed E-state index contributed by atoms with van der Waals surface area (Å²) in [5.74, 6) is -1.55. The summed E-state index contributed by atoms with van der Waals surface area (Å²) in [5.41, 5.74) is 1.66. The van der Waals surface area contributed by atoms with Gasteiger partial charge in [0.2, 0.25) is 5.91 Å². The van der Waals surface area contributed by atoms with E-state index in [1.54, 1.807) is 30.3 Å². The van der Waals surface area contributed by atoms with Crippen LogP contribution in [0, 0.1) is 17.2 Å². The second kappa shape index (κ2) is 10.3. The zero-order chi connectivity index (χ0) is 19.5. The number of nitrogens with zero attached hydrogens (tertiary/aromatic N) is 1. The molecular formula is C21H22N2O3S. The molecule has 0 saturated carbocycles. The molecule has 1 N–H and O–H groups in total. The number of benzene rings is 2. The number of nitriles is 1. The zero-order valence-electron chi connectivity index (χ0n) is 14.9. The van der Waals surface area contributed by atoms with E-state index in [0.29, 0.717) is 5.56 Å². The van der Waals surface area contributed by atoms with Crippen LogP contribution in [-0.4, -0.2) is 26.6 Å². The minimum absolute atomic E-state index is 0.113. The Morgan fingerprint density at radius 2 is 1.70 bits per heavy atom. The number of carbonyl (C=O) groups is 1. The molecule has 2 aromatic rings. The van der Waals surface area contributed by atoms with E-state index < -0.39 is 21.7 Å². The standard InChI is InChI=1S/C21H22N2O3S/c22-14-15-23-21(24)20(13-7-12-18-8-3-1-4-9-18)17-27(25,26)16-19-10-5-2-6-11-19/h1-12,20H,13,15-17H2,(H,23,24)/b12-7+.